The lowest BCUT2D eigenvalue weighted by atomic mass is 10.1. The van der Waals surface area contributed by atoms with Crippen molar-refractivity contribution in [3.8, 4) is 17.1 Å². The van der Waals surface area contributed by atoms with Crippen molar-refractivity contribution >= 4 is 51.0 Å². The first-order valence-corrected chi connectivity index (χ1v) is 18.3. The predicted octanol–water partition coefficient (Wildman–Crippen LogP) is 7.06. The normalized spacial score (nSPS) is 16.4. The number of anilines is 2. The predicted molar refractivity (Wildman–Crippen MR) is 183 cm³/mol. The van der Waals surface area contributed by atoms with Crippen LogP contribution in [0.15, 0.2) is 46.1 Å². The molecular formula is C32H35ClF5N7O5S. The number of amides is 2. The van der Waals surface area contributed by atoms with Gasteiger partial charge in [0, 0.05) is 38.2 Å². The summed E-state index contributed by atoms with van der Waals surface area (Å²) in [6, 6.07) is 6.25. The number of benzene rings is 2. The second kappa shape index (κ2) is 12.0. The molecule has 4 heterocycles. The summed E-state index contributed by atoms with van der Waals surface area (Å²) < 4.78 is 80.4. The van der Waals surface area contributed by atoms with Crippen LogP contribution in [0.2, 0.25) is 5.02 Å². The van der Waals surface area contributed by atoms with Crippen LogP contribution in [-0.2, 0) is 28.9 Å². The van der Waals surface area contributed by atoms with Crippen molar-refractivity contribution in [3.05, 3.63) is 63.0 Å². The fourth-order valence-electron chi connectivity index (χ4n) is 5.99. The van der Waals surface area contributed by atoms with Crippen molar-refractivity contribution in [2.24, 2.45) is 0 Å². The molecule has 19 heteroatoms. The molecule has 2 aromatic heterocycles. The standard InChI is InChI=1S/C32H35ClF5N7O5S/c1-5-24-27(42-11-13-43(14-12-42)31(48)50-32(2,3)4)29(47)45-30(40-28(41-45)20-6-9-25-19(16-20)10-15-49-25)44(24)18-26(46)39-23-8-7-21(17-22(23)33)51(34,35,36,37)38/h6-9,16-17H,5,10-15,18H2,1-4H3,(H,39,46). The highest BCUT2D eigenvalue weighted by Crippen LogP contribution is 3.02. The minimum atomic E-state index is -10.0. The van der Waals surface area contributed by atoms with Crippen molar-refractivity contribution in [1.29, 1.82) is 0 Å². The van der Waals surface area contributed by atoms with Crippen LogP contribution in [0.25, 0.3) is 17.2 Å². The maximum absolute atomic E-state index is 14.2. The smallest absolute Gasteiger partial charge is 0.410 e. The Kier molecular flexibility index (Phi) is 8.52. The van der Waals surface area contributed by atoms with E-state index in [1.165, 1.54) is 9.47 Å². The number of hydrogen-bond donors (Lipinski definition) is 1. The molecule has 2 amide bonds. The third kappa shape index (κ3) is 7.56. The minimum Gasteiger partial charge on any atom is -0.493 e. The van der Waals surface area contributed by atoms with E-state index in [1.807, 2.05) is 6.07 Å². The Labute approximate surface area is 293 Å². The average molecular weight is 760 g/mol. The second-order valence-electron chi connectivity index (χ2n) is 13.2. The summed E-state index contributed by atoms with van der Waals surface area (Å²) in [5.74, 6) is 0.140. The van der Waals surface area contributed by atoms with E-state index in [2.05, 4.69) is 15.4 Å². The Balaban J connectivity index is 1.38. The summed E-state index contributed by atoms with van der Waals surface area (Å²) in [6.07, 6.45) is 0.419. The van der Waals surface area contributed by atoms with Gasteiger partial charge in [0.2, 0.25) is 11.7 Å². The molecule has 0 spiro atoms. The van der Waals surface area contributed by atoms with Crippen LogP contribution in [0.3, 0.4) is 0 Å². The van der Waals surface area contributed by atoms with Gasteiger partial charge in [-0.15, -0.1) is 5.10 Å². The Hall–Kier alpha value is -4.58. The highest BCUT2D eigenvalue weighted by atomic mass is 35.5. The van der Waals surface area contributed by atoms with Crippen LogP contribution in [0.4, 0.5) is 35.6 Å². The molecule has 0 aliphatic carbocycles. The molecule has 51 heavy (non-hydrogen) atoms. The Morgan fingerprint density at radius 3 is 2.37 bits per heavy atom. The van der Waals surface area contributed by atoms with Crippen LogP contribution in [0, 0.1) is 0 Å². The number of aromatic nitrogens is 4. The molecule has 0 saturated carbocycles. The molecule has 0 unspecified atom stereocenters. The van der Waals surface area contributed by atoms with E-state index < -0.39 is 49.8 Å². The van der Waals surface area contributed by atoms with E-state index in [9.17, 15) is 33.8 Å². The first-order chi connectivity index (χ1) is 23.6. The number of carbonyl (C=O) groups is 2. The molecule has 0 atom stereocenters. The van der Waals surface area contributed by atoms with Gasteiger partial charge in [-0.05, 0) is 69.2 Å². The number of halogens is 6. The van der Waals surface area contributed by atoms with E-state index in [0.29, 0.717) is 30.4 Å². The molecule has 4 aromatic rings. The highest BCUT2D eigenvalue weighted by Gasteiger charge is 2.65. The van der Waals surface area contributed by atoms with E-state index in [0.717, 1.165) is 15.8 Å². The third-order valence-electron chi connectivity index (χ3n) is 8.32. The molecule has 2 aliphatic heterocycles. The summed E-state index contributed by atoms with van der Waals surface area (Å²) in [4.78, 5) is 46.2. The van der Waals surface area contributed by atoms with Crippen molar-refractivity contribution in [3.63, 3.8) is 0 Å². The maximum Gasteiger partial charge on any atom is 0.410 e. The quantitative estimate of drug-likeness (QED) is 0.199. The van der Waals surface area contributed by atoms with E-state index in [1.54, 1.807) is 44.7 Å². The molecule has 2 aromatic carbocycles. The summed E-state index contributed by atoms with van der Waals surface area (Å²) in [5.41, 5.74) is 0.615. The Morgan fingerprint density at radius 1 is 1.04 bits per heavy atom. The minimum absolute atomic E-state index is 0.0113. The van der Waals surface area contributed by atoms with E-state index in [-0.39, 0.29) is 67.7 Å². The molecule has 6 rings (SSSR count). The highest BCUT2D eigenvalue weighted by molar-refractivity contribution is 8.45. The summed E-state index contributed by atoms with van der Waals surface area (Å²) in [5, 5.41) is 6.16. The molecule has 1 N–H and O–H groups in total. The monoisotopic (exact) mass is 759 g/mol. The second-order valence-corrected chi connectivity index (χ2v) is 16.0. The van der Waals surface area contributed by atoms with E-state index >= 15 is 0 Å². The third-order valence-corrected chi connectivity index (χ3v) is 9.78. The van der Waals surface area contributed by atoms with Gasteiger partial charge in [-0.25, -0.2) is 4.79 Å². The Morgan fingerprint density at radius 2 is 1.75 bits per heavy atom. The number of hydrogen-bond acceptors (Lipinski definition) is 8. The van der Waals surface area contributed by atoms with Crippen molar-refractivity contribution in [2.75, 3.05) is 43.0 Å². The van der Waals surface area contributed by atoms with Crippen molar-refractivity contribution in [1.82, 2.24) is 24.1 Å². The molecular weight excluding hydrogens is 725 g/mol. The number of ether oxygens (including phenoxy) is 2. The zero-order chi connectivity index (χ0) is 37.2. The zero-order valence-corrected chi connectivity index (χ0v) is 29.6. The lowest BCUT2D eigenvalue weighted by Crippen LogP contribution is -2.51. The van der Waals surface area contributed by atoms with Gasteiger partial charge in [0.15, 0.2) is 5.82 Å². The molecule has 1 fully saturated rings. The van der Waals surface area contributed by atoms with Crippen LogP contribution in [-0.4, -0.2) is 74.5 Å². The zero-order valence-electron chi connectivity index (χ0n) is 28.0. The molecule has 0 bridgehead atoms. The number of rotatable bonds is 7. The first-order valence-electron chi connectivity index (χ1n) is 16.0. The summed E-state index contributed by atoms with van der Waals surface area (Å²) in [6.45, 7) is 8.05. The lowest BCUT2D eigenvalue weighted by Gasteiger charge is -2.40. The fraction of sp³-hybridized carbons (Fsp3) is 0.406. The SMILES string of the molecule is CCc1c(N2CCN(C(=O)OC(C)(C)C)CC2)c(=O)n2nc(-c3ccc4c(c3)CCO4)nc2n1CC(=O)Nc1ccc(S(F)(F)(F)(F)F)cc1Cl. The van der Waals surface area contributed by atoms with Gasteiger partial charge in [0.1, 0.15) is 28.5 Å². The van der Waals surface area contributed by atoms with Crippen LogP contribution >= 0.6 is 21.8 Å². The average Bonchev–Trinajstić information content (AvgIpc) is 3.69. The Bertz CT molecular complexity index is 2130. The number of nitrogens with one attached hydrogen (secondary N) is 1. The first kappa shape index (κ1) is 36.2. The van der Waals surface area contributed by atoms with Crippen LogP contribution < -0.4 is 20.5 Å². The maximum atomic E-state index is 14.2. The molecule has 0 radical (unpaired) electrons. The van der Waals surface area contributed by atoms with Gasteiger partial charge in [-0.1, -0.05) is 38.0 Å². The number of nitrogens with zero attached hydrogens (tertiary/aromatic N) is 6. The van der Waals surface area contributed by atoms with Gasteiger partial charge in [0.05, 0.1) is 23.0 Å². The van der Waals surface area contributed by atoms with Crippen molar-refractivity contribution < 1.29 is 38.5 Å². The summed E-state index contributed by atoms with van der Waals surface area (Å²) >= 11 is 5.93. The van der Waals surface area contributed by atoms with Gasteiger partial charge in [0.25, 0.3) is 5.56 Å². The molecule has 2 aliphatic rings. The van der Waals surface area contributed by atoms with Crippen molar-refractivity contribution in [2.45, 2.75) is 57.6 Å². The summed E-state index contributed by atoms with van der Waals surface area (Å²) in [7, 11) is -10.0. The molecule has 12 nitrogen and oxygen atoms in total. The largest absolute Gasteiger partial charge is 0.493 e. The van der Waals surface area contributed by atoms with Gasteiger partial charge < -0.3 is 29.2 Å². The van der Waals surface area contributed by atoms with Gasteiger partial charge in [-0.3, -0.25) is 9.59 Å². The topological polar surface area (TPSA) is 123 Å². The van der Waals surface area contributed by atoms with Gasteiger partial charge >= 0.3 is 16.3 Å². The number of carbonyl (C=O) groups excluding carboxylic acids is 2. The number of piperazine rings is 1. The van der Waals surface area contributed by atoms with Crippen LogP contribution in [0.1, 0.15) is 39.0 Å². The lowest BCUT2D eigenvalue weighted by molar-refractivity contribution is -0.116. The fourth-order valence-corrected chi connectivity index (χ4v) is 6.95. The van der Waals surface area contributed by atoms with E-state index in [4.69, 9.17) is 21.1 Å². The molecule has 276 valence electrons. The number of fused-ring (bicyclic) bond motifs is 2. The van der Waals surface area contributed by atoms with Crippen LogP contribution in [0.5, 0.6) is 5.75 Å². The molecule has 1 saturated heterocycles. The van der Waals surface area contributed by atoms with Gasteiger partial charge in [-0.2, -0.15) is 9.50 Å².